The fourth-order valence-electron chi connectivity index (χ4n) is 2.63. The maximum absolute atomic E-state index is 8.97. The SMILES string of the molecule is OCCN1CCN(Cc2csc(-c3ccccc3)n2)CC1. The van der Waals surface area contributed by atoms with Crippen LogP contribution < -0.4 is 0 Å². The van der Waals surface area contributed by atoms with Crippen molar-refractivity contribution < 1.29 is 5.11 Å². The number of nitrogens with zero attached hydrogens (tertiary/aromatic N) is 3. The molecule has 0 atom stereocenters. The Hall–Kier alpha value is -1.27. The van der Waals surface area contributed by atoms with E-state index in [1.165, 1.54) is 5.56 Å². The number of piperazine rings is 1. The number of aliphatic hydroxyl groups excluding tert-OH is 1. The van der Waals surface area contributed by atoms with Crippen molar-refractivity contribution in [2.75, 3.05) is 39.3 Å². The lowest BCUT2D eigenvalue weighted by Crippen LogP contribution is -2.46. The Morgan fingerprint density at radius 3 is 2.48 bits per heavy atom. The number of hydrogen-bond donors (Lipinski definition) is 1. The standard InChI is InChI=1S/C16H21N3OS/c20-11-10-18-6-8-19(9-7-18)12-15-13-21-16(17-15)14-4-2-1-3-5-14/h1-5,13,20H,6-12H2. The largest absolute Gasteiger partial charge is 0.395 e. The quantitative estimate of drug-likeness (QED) is 0.916. The van der Waals surface area contributed by atoms with E-state index in [1.54, 1.807) is 11.3 Å². The molecule has 112 valence electrons. The van der Waals surface area contributed by atoms with Gasteiger partial charge in [-0.1, -0.05) is 30.3 Å². The van der Waals surface area contributed by atoms with Crippen LogP contribution in [0.2, 0.25) is 0 Å². The van der Waals surface area contributed by atoms with Gasteiger partial charge in [-0.25, -0.2) is 4.98 Å². The number of aromatic nitrogens is 1. The highest BCUT2D eigenvalue weighted by atomic mass is 32.1. The van der Waals surface area contributed by atoms with Gasteiger partial charge in [0.05, 0.1) is 12.3 Å². The maximum atomic E-state index is 8.97. The summed E-state index contributed by atoms with van der Waals surface area (Å²) < 4.78 is 0. The molecule has 0 bridgehead atoms. The van der Waals surface area contributed by atoms with E-state index in [9.17, 15) is 0 Å². The lowest BCUT2D eigenvalue weighted by molar-refractivity contribution is 0.108. The van der Waals surface area contributed by atoms with Crippen molar-refractivity contribution in [1.82, 2.24) is 14.8 Å². The highest BCUT2D eigenvalue weighted by Gasteiger charge is 2.17. The topological polar surface area (TPSA) is 39.6 Å². The van der Waals surface area contributed by atoms with Crippen LogP contribution in [0.5, 0.6) is 0 Å². The van der Waals surface area contributed by atoms with Crippen molar-refractivity contribution in [3.63, 3.8) is 0 Å². The third-order valence-corrected chi connectivity index (χ3v) is 4.78. The van der Waals surface area contributed by atoms with E-state index in [0.29, 0.717) is 0 Å². The van der Waals surface area contributed by atoms with Crippen LogP contribution in [-0.2, 0) is 6.54 Å². The van der Waals surface area contributed by atoms with E-state index in [-0.39, 0.29) is 6.61 Å². The number of rotatable bonds is 5. The maximum Gasteiger partial charge on any atom is 0.123 e. The molecule has 4 nitrogen and oxygen atoms in total. The van der Waals surface area contributed by atoms with Crippen LogP contribution in [0.15, 0.2) is 35.7 Å². The Balaban J connectivity index is 1.56. The van der Waals surface area contributed by atoms with E-state index in [1.807, 2.05) is 6.07 Å². The van der Waals surface area contributed by atoms with Gasteiger partial charge >= 0.3 is 0 Å². The molecule has 21 heavy (non-hydrogen) atoms. The second kappa shape index (κ2) is 7.13. The smallest absolute Gasteiger partial charge is 0.123 e. The molecule has 1 aromatic heterocycles. The second-order valence-electron chi connectivity index (χ2n) is 5.35. The monoisotopic (exact) mass is 303 g/mol. The minimum Gasteiger partial charge on any atom is -0.395 e. The summed E-state index contributed by atoms with van der Waals surface area (Å²) in [5.74, 6) is 0. The molecule has 1 aromatic carbocycles. The third-order valence-electron chi connectivity index (χ3n) is 3.84. The minimum absolute atomic E-state index is 0.256. The molecule has 1 aliphatic rings. The fraction of sp³-hybridized carbons (Fsp3) is 0.438. The molecular formula is C16H21N3OS. The van der Waals surface area contributed by atoms with Crippen molar-refractivity contribution in [3.8, 4) is 10.6 Å². The summed E-state index contributed by atoms with van der Waals surface area (Å²) in [4.78, 5) is 9.51. The Labute approximate surface area is 129 Å². The lowest BCUT2D eigenvalue weighted by atomic mass is 10.2. The molecule has 1 aliphatic heterocycles. The third kappa shape index (κ3) is 3.89. The van der Waals surface area contributed by atoms with Gasteiger partial charge in [0, 0.05) is 50.2 Å². The van der Waals surface area contributed by atoms with Crippen LogP contribution in [0.3, 0.4) is 0 Å². The Morgan fingerprint density at radius 2 is 1.76 bits per heavy atom. The lowest BCUT2D eigenvalue weighted by Gasteiger charge is -2.33. The summed E-state index contributed by atoms with van der Waals surface area (Å²) in [5.41, 5.74) is 2.36. The number of aliphatic hydroxyl groups is 1. The van der Waals surface area contributed by atoms with Crippen molar-refractivity contribution in [2.45, 2.75) is 6.54 Å². The highest BCUT2D eigenvalue weighted by molar-refractivity contribution is 7.13. The summed E-state index contributed by atoms with van der Waals surface area (Å²) in [6, 6.07) is 10.4. The Morgan fingerprint density at radius 1 is 1.05 bits per heavy atom. The Kier molecular flexibility index (Phi) is 4.98. The number of hydrogen-bond acceptors (Lipinski definition) is 5. The van der Waals surface area contributed by atoms with E-state index in [2.05, 4.69) is 39.4 Å². The molecule has 5 heteroatoms. The molecule has 0 unspecified atom stereocenters. The van der Waals surface area contributed by atoms with Gasteiger partial charge in [0.1, 0.15) is 5.01 Å². The van der Waals surface area contributed by atoms with Gasteiger partial charge in [0.15, 0.2) is 0 Å². The van der Waals surface area contributed by atoms with E-state index in [0.717, 1.165) is 50.0 Å². The van der Waals surface area contributed by atoms with E-state index < -0.39 is 0 Å². The van der Waals surface area contributed by atoms with Crippen LogP contribution >= 0.6 is 11.3 Å². The molecule has 0 amide bonds. The van der Waals surface area contributed by atoms with Crippen LogP contribution in [0.1, 0.15) is 5.69 Å². The first-order chi connectivity index (χ1) is 10.3. The molecule has 0 radical (unpaired) electrons. The average molecular weight is 303 g/mol. The predicted molar refractivity (Wildman–Crippen MR) is 86.4 cm³/mol. The minimum atomic E-state index is 0.256. The van der Waals surface area contributed by atoms with Gasteiger partial charge in [-0.15, -0.1) is 11.3 Å². The predicted octanol–water partition coefficient (Wildman–Crippen LogP) is 1.92. The summed E-state index contributed by atoms with van der Waals surface area (Å²) in [6.45, 7) is 6.16. The Bertz CT molecular complexity index is 550. The van der Waals surface area contributed by atoms with Crippen LogP contribution in [-0.4, -0.2) is 59.2 Å². The number of β-amino-alcohol motifs (C(OH)–C–C–N with tert-alkyl or cyclic N) is 1. The number of thiazole rings is 1. The zero-order chi connectivity index (χ0) is 14.5. The van der Waals surface area contributed by atoms with Gasteiger partial charge in [-0.05, 0) is 0 Å². The number of benzene rings is 1. The normalized spacial score (nSPS) is 17.2. The molecule has 0 aliphatic carbocycles. The summed E-state index contributed by atoms with van der Waals surface area (Å²) in [7, 11) is 0. The van der Waals surface area contributed by atoms with Gasteiger partial charge in [0.25, 0.3) is 0 Å². The van der Waals surface area contributed by atoms with Gasteiger partial charge in [-0.2, -0.15) is 0 Å². The fourth-order valence-corrected chi connectivity index (χ4v) is 3.45. The second-order valence-corrected chi connectivity index (χ2v) is 6.21. The zero-order valence-corrected chi connectivity index (χ0v) is 12.9. The van der Waals surface area contributed by atoms with Crippen molar-refractivity contribution in [1.29, 1.82) is 0 Å². The zero-order valence-electron chi connectivity index (χ0n) is 12.1. The molecule has 2 heterocycles. The van der Waals surface area contributed by atoms with Crippen molar-refractivity contribution in [2.24, 2.45) is 0 Å². The van der Waals surface area contributed by atoms with Gasteiger partial charge in [-0.3, -0.25) is 9.80 Å². The van der Waals surface area contributed by atoms with Crippen LogP contribution in [0.25, 0.3) is 10.6 Å². The van der Waals surface area contributed by atoms with Gasteiger partial charge < -0.3 is 5.11 Å². The van der Waals surface area contributed by atoms with Crippen molar-refractivity contribution >= 4 is 11.3 Å². The first-order valence-electron chi connectivity index (χ1n) is 7.40. The van der Waals surface area contributed by atoms with E-state index in [4.69, 9.17) is 10.1 Å². The van der Waals surface area contributed by atoms with E-state index >= 15 is 0 Å². The summed E-state index contributed by atoms with van der Waals surface area (Å²) >= 11 is 1.72. The van der Waals surface area contributed by atoms with Crippen LogP contribution in [0.4, 0.5) is 0 Å². The van der Waals surface area contributed by atoms with Crippen LogP contribution in [0, 0.1) is 0 Å². The average Bonchev–Trinajstić information content (AvgIpc) is 2.99. The highest BCUT2D eigenvalue weighted by Crippen LogP contribution is 2.24. The first kappa shape index (κ1) is 14.7. The molecule has 2 aromatic rings. The first-order valence-corrected chi connectivity index (χ1v) is 8.28. The molecular weight excluding hydrogens is 282 g/mol. The summed E-state index contributed by atoms with van der Waals surface area (Å²) in [5, 5.41) is 12.2. The van der Waals surface area contributed by atoms with Gasteiger partial charge in [0.2, 0.25) is 0 Å². The molecule has 1 saturated heterocycles. The molecule has 0 saturated carbocycles. The van der Waals surface area contributed by atoms with Crippen molar-refractivity contribution in [3.05, 3.63) is 41.4 Å². The molecule has 1 N–H and O–H groups in total. The molecule has 3 rings (SSSR count). The summed E-state index contributed by atoms with van der Waals surface area (Å²) in [6.07, 6.45) is 0. The molecule has 1 fully saturated rings. The molecule has 0 spiro atoms.